The van der Waals surface area contributed by atoms with Crippen LogP contribution in [0.5, 0.6) is 0 Å². The number of nitrogen functional groups attached to an aromatic ring is 1. The molecular weight excluding hydrogens is 404 g/mol. The highest BCUT2D eigenvalue weighted by atomic mass is 35.5. The number of benzene rings is 1. The first-order chi connectivity index (χ1) is 13.8. The van der Waals surface area contributed by atoms with Crippen LogP contribution in [0.2, 0.25) is 5.15 Å². The van der Waals surface area contributed by atoms with Gasteiger partial charge in [-0.15, -0.1) is 10.2 Å². The lowest BCUT2D eigenvalue weighted by Crippen LogP contribution is -2.46. The Balaban J connectivity index is 1.47. The van der Waals surface area contributed by atoms with E-state index in [4.69, 9.17) is 17.3 Å². The van der Waals surface area contributed by atoms with Crippen molar-refractivity contribution >= 4 is 29.2 Å². The standard InChI is InChI=1S/C19H18ClF2N5O2/c20-16-13(7-14(23)25-26-16)15(10-5-6-10)24-8-19(21,22)9-27-17(28)11-3-1-2-4-12(11)18(27)29/h1-4,7,10,15,24H,5-6,8-9H2,(H2,23,25). The zero-order valence-corrected chi connectivity index (χ0v) is 16.0. The van der Waals surface area contributed by atoms with Gasteiger partial charge < -0.3 is 11.1 Å². The molecule has 2 heterocycles. The second-order valence-electron chi connectivity index (χ2n) is 7.31. The van der Waals surface area contributed by atoms with E-state index in [1.54, 1.807) is 12.1 Å². The van der Waals surface area contributed by atoms with E-state index < -0.39 is 36.9 Å². The molecule has 29 heavy (non-hydrogen) atoms. The fourth-order valence-corrected chi connectivity index (χ4v) is 3.72. The van der Waals surface area contributed by atoms with E-state index in [1.165, 1.54) is 18.2 Å². The maximum Gasteiger partial charge on any atom is 0.278 e. The summed E-state index contributed by atoms with van der Waals surface area (Å²) in [6, 6.07) is 7.15. The van der Waals surface area contributed by atoms with Crippen molar-refractivity contribution in [1.82, 2.24) is 20.4 Å². The number of carbonyl (C=O) groups excluding carboxylic acids is 2. The lowest BCUT2D eigenvalue weighted by atomic mass is 10.0. The maximum atomic E-state index is 14.7. The third-order valence-corrected chi connectivity index (χ3v) is 5.37. The molecule has 1 aromatic carbocycles. The molecule has 3 N–H and O–H groups in total. The highest BCUT2D eigenvalue weighted by Gasteiger charge is 2.43. The molecule has 7 nitrogen and oxygen atoms in total. The Morgan fingerprint density at radius 1 is 1.21 bits per heavy atom. The molecule has 4 rings (SSSR count). The van der Waals surface area contributed by atoms with Crippen LogP contribution in [0.25, 0.3) is 0 Å². The van der Waals surface area contributed by atoms with Crippen LogP contribution in [0.15, 0.2) is 30.3 Å². The number of imide groups is 1. The Hall–Kier alpha value is -2.65. The van der Waals surface area contributed by atoms with Crippen molar-refractivity contribution < 1.29 is 18.4 Å². The van der Waals surface area contributed by atoms with Crippen molar-refractivity contribution in [2.24, 2.45) is 5.92 Å². The summed E-state index contributed by atoms with van der Waals surface area (Å²) in [7, 11) is 0. The molecule has 1 atom stereocenters. The molecule has 1 aliphatic carbocycles. The third-order valence-electron chi connectivity index (χ3n) is 5.07. The molecule has 0 bridgehead atoms. The number of nitrogens with zero attached hydrogens (tertiary/aromatic N) is 3. The molecule has 10 heteroatoms. The van der Waals surface area contributed by atoms with Gasteiger partial charge in [-0.1, -0.05) is 23.7 Å². The van der Waals surface area contributed by atoms with Gasteiger partial charge >= 0.3 is 0 Å². The van der Waals surface area contributed by atoms with E-state index in [0.717, 1.165) is 12.8 Å². The summed E-state index contributed by atoms with van der Waals surface area (Å²) >= 11 is 6.09. The van der Waals surface area contributed by atoms with Gasteiger partial charge in [0.2, 0.25) is 0 Å². The number of hydrogen-bond acceptors (Lipinski definition) is 6. The number of aromatic nitrogens is 2. The van der Waals surface area contributed by atoms with E-state index in [9.17, 15) is 18.4 Å². The minimum absolute atomic E-state index is 0.104. The quantitative estimate of drug-likeness (QED) is 0.666. The van der Waals surface area contributed by atoms with Crippen LogP contribution >= 0.6 is 11.6 Å². The van der Waals surface area contributed by atoms with Crippen molar-refractivity contribution in [3.8, 4) is 0 Å². The number of nitrogens with two attached hydrogens (primary N) is 1. The Labute approximate surface area is 170 Å². The van der Waals surface area contributed by atoms with Gasteiger partial charge in [-0.25, -0.2) is 8.78 Å². The Morgan fingerprint density at radius 3 is 2.41 bits per heavy atom. The SMILES string of the molecule is Nc1cc(C(NCC(F)(F)CN2C(=O)c3ccccc3C2=O)C2CC2)c(Cl)nn1. The second-order valence-corrected chi connectivity index (χ2v) is 7.67. The summed E-state index contributed by atoms with van der Waals surface area (Å²) in [6.07, 6.45) is 1.72. The first-order valence-electron chi connectivity index (χ1n) is 9.12. The van der Waals surface area contributed by atoms with Crippen molar-refractivity contribution in [2.75, 3.05) is 18.8 Å². The van der Waals surface area contributed by atoms with Gasteiger partial charge in [0.05, 0.1) is 24.2 Å². The van der Waals surface area contributed by atoms with Crippen LogP contribution in [0, 0.1) is 5.92 Å². The molecule has 1 fully saturated rings. The number of anilines is 1. The minimum atomic E-state index is -3.33. The zero-order chi connectivity index (χ0) is 20.8. The molecule has 1 unspecified atom stereocenters. The molecule has 2 amide bonds. The Kier molecular flexibility index (Phi) is 4.95. The third kappa shape index (κ3) is 3.92. The number of hydrogen-bond donors (Lipinski definition) is 2. The number of amides is 2. The first-order valence-corrected chi connectivity index (χ1v) is 9.50. The predicted octanol–water partition coefficient (Wildman–Crippen LogP) is 2.68. The highest BCUT2D eigenvalue weighted by molar-refractivity contribution is 6.30. The average Bonchev–Trinajstić information content (AvgIpc) is 3.49. The molecular formula is C19H18ClF2N5O2. The van der Waals surface area contributed by atoms with Crippen LogP contribution in [0.4, 0.5) is 14.6 Å². The molecule has 0 spiro atoms. The van der Waals surface area contributed by atoms with E-state index in [0.29, 0.717) is 10.5 Å². The van der Waals surface area contributed by atoms with Crippen LogP contribution in [-0.4, -0.2) is 45.9 Å². The van der Waals surface area contributed by atoms with E-state index >= 15 is 0 Å². The fourth-order valence-electron chi connectivity index (χ4n) is 3.51. The summed E-state index contributed by atoms with van der Waals surface area (Å²) in [4.78, 5) is 25.3. The van der Waals surface area contributed by atoms with E-state index in [1.807, 2.05) is 0 Å². The van der Waals surface area contributed by atoms with Crippen molar-refractivity contribution in [3.05, 3.63) is 52.2 Å². The van der Waals surface area contributed by atoms with Crippen LogP contribution in [-0.2, 0) is 0 Å². The predicted molar refractivity (Wildman–Crippen MR) is 102 cm³/mol. The van der Waals surface area contributed by atoms with Gasteiger partial charge in [-0.2, -0.15) is 0 Å². The molecule has 1 saturated carbocycles. The van der Waals surface area contributed by atoms with Gasteiger partial charge in [0.1, 0.15) is 5.82 Å². The average molecular weight is 422 g/mol. The van der Waals surface area contributed by atoms with Crippen molar-refractivity contribution in [2.45, 2.75) is 24.8 Å². The number of nitrogens with one attached hydrogen (secondary N) is 1. The van der Waals surface area contributed by atoms with Crippen LogP contribution in [0.3, 0.4) is 0 Å². The van der Waals surface area contributed by atoms with Gasteiger partial charge in [0.25, 0.3) is 17.7 Å². The number of rotatable bonds is 7. The van der Waals surface area contributed by atoms with Gasteiger partial charge in [-0.05, 0) is 37.0 Å². The summed E-state index contributed by atoms with van der Waals surface area (Å²) in [5.41, 5.74) is 6.45. The number of halogens is 3. The molecule has 0 saturated heterocycles. The van der Waals surface area contributed by atoms with Gasteiger partial charge in [0.15, 0.2) is 5.15 Å². The molecule has 0 radical (unpaired) electrons. The summed E-state index contributed by atoms with van der Waals surface area (Å²) < 4.78 is 29.4. The number of fused-ring (bicyclic) bond motifs is 1. The molecule has 2 aliphatic rings. The fraction of sp³-hybridized carbons (Fsp3) is 0.368. The number of alkyl halides is 2. The van der Waals surface area contributed by atoms with Gasteiger partial charge in [0, 0.05) is 11.6 Å². The highest BCUT2D eigenvalue weighted by Crippen LogP contribution is 2.43. The summed E-state index contributed by atoms with van der Waals surface area (Å²) in [5, 5.41) is 10.3. The number of carbonyl (C=O) groups is 2. The van der Waals surface area contributed by atoms with Gasteiger partial charge in [-0.3, -0.25) is 14.5 Å². The lowest BCUT2D eigenvalue weighted by molar-refractivity contribution is -0.0235. The minimum Gasteiger partial charge on any atom is -0.382 e. The largest absolute Gasteiger partial charge is 0.382 e. The monoisotopic (exact) mass is 421 g/mol. The maximum absolute atomic E-state index is 14.7. The molecule has 2 aromatic rings. The van der Waals surface area contributed by atoms with Crippen molar-refractivity contribution in [1.29, 1.82) is 0 Å². The first kappa shape index (κ1) is 19.7. The smallest absolute Gasteiger partial charge is 0.278 e. The van der Waals surface area contributed by atoms with E-state index in [-0.39, 0.29) is 28.0 Å². The van der Waals surface area contributed by atoms with E-state index in [2.05, 4.69) is 15.5 Å². The molecule has 152 valence electrons. The van der Waals surface area contributed by atoms with Crippen LogP contribution < -0.4 is 11.1 Å². The normalized spacial score (nSPS) is 17.6. The summed E-state index contributed by atoms with van der Waals surface area (Å²) in [6.45, 7) is -1.74. The Morgan fingerprint density at radius 2 is 1.83 bits per heavy atom. The second kappa shape index (κ2) is 7.31. The Bertz CT molecular complexity index is 948. The van der Waals surface area contributed by atoms with Crippen molar-refractivity contribution in [3.63, 3.8) is 0 Å². The summed E-state index contributed by atoms with van der Waals surface area (Å²) in [5.74, 6) is -4.48. The molecule has 1 aliphatic heterocycles. The van der Waals surface area contributed by atoms with Crippen LogP contribution in [0.1, 0.15) is 45.2 Å². The topological polar surface area (TPSA) is 101 Å². The lowest BCUT2D eigenvalue weighted by Gasteiger charge is -2.26. The zero-order valence-electron chi connectivity index (χ0n) is 15.2. The molecule has 1 aromatic heterocycles.